The Morgan fingerprint density at radius 2 is 1.87 bits per heavy atom. The first-order valence-electron chi connectivity index (χ1n) is 10.1. The lowest BCUT2D eigenvalue weighted by molar-refractivity contribution is 0.0993. The van der Waals surface area contributed by atoms with Gasteiger partial charge in [0.25, 0.3) is 5.91 Å². The summed E-state index contributed by atoms with van der Waals surface area (Å²) in [5.41, 5.74) is 3.87. The van der Waals surface area contributed by atoms with Gasteiger partial charge in [-0.2, -0.15) is 11.8 Å². The van der Waals surface area contributed by atoms with Crippen molar-refractivity contribution in [3.63, 3.8) is 0 Å². The van der Waals surface area contributed by atoms with Crippen molar-refractivity contribution in [3.8, 4) is 5.75 Å². The second-order valence-electron chi connectivity index (χ2n) is 7.31. The molecule has 1 aromatic heterocycles. The highest BCUT2D eigenvalue weighted by molar-refractivity contribution is 7.99. The summed E-state index contributed by atoms with van der Waals surface area (Å²) >= 11 is 2.01. The molecule has 5 nitrogen and oxygen atoms in total. The van der Waals surface area contributed by atoms with E-state index >= 15 is 0 Å². The first-order chi connectivity index (χ1) is 14.7. The Balaban J connectivity index is 1.43. The highest BCUT2D eigenvalue weighted by atomic mass is 32.2. The van der Waals surface area contributed by atoms with Crippen molar-refractivity contribution < 1.29 is 13.9 Å². The van der Waals surface area contributed by atoms with E-state index < -0.39 is 0 Å². The number of rotatable bonds is 7. The molecule has 0 aliphatic carbocycles. The summed E-state index contributed by atoms with van der Waals surface area (Å²) in [5, 5.41) is 3.02. The molecule has 1 amide bonds. The number of carbonyl (C=O) groups excluding carboxylic acids is 1. The number of hydrogen-bond donors (Lipinski definition) is 1. The number of carbonyl (C=O) groups is 1. The SMILES string of the molecule is Cc1c(CN2CCSCC2)cccc1NC(=O)c1occc1COc1ccccc1. The summed E-state index contributed by atoms with van der Waals surface area (Å²) in [6, 6.07) is 17.4. The summed E-state index contributed by atoms with van der Waals surface area (Å²) in [4.78, 5) is 15.4. The molecule has 1 fully saturated rings. The van der Waals surface area contributed by atoms with Gasteiger partial charge < -0.3 is 14.5 Å². The van der Waals surface area contributed by atoms with Gasteiger partial charge in [-0.3, -0.25) is 9.69 Å². The number of thioether (sulfide) groups is 1. The normalized spacial score (nSPS) is 14.4. The van der Waals surface area contributed by atoms with Gasteiger partial charge in [-0.1, -0.05) is 30.3 Å². The molecule has 0 atom stereocenters. The number of anilines is 1. The third kappa shape index (κ3) is 5.07. The molecule has 1 aliphatic heterocycles. The zero-order valence-corrected chi connectivity index (χ0v) is 17.9. The number of nitrogens with one attached hydrogen (secondary N) is 1. The van der Waals surface area contributed by atoms with Crippen LogP contribution in [0.1, 0.15) is 27.2 Å². The van der Waals surface area contributed by atoms with Gasteiger partial charge in [0.15, 0.2) is 5.76 Å². The maximum absolute atomic E-state index is 12.9. The number of nitrogens with zero attached hydrogens (tertiary/aromatic N) is 1. The number of ether oxygens (including phenoxy) is 1. The fraction of sp³-hybridized carbons (Fsp3) is 0.292. The molecule has 4 rings (SSSR count). The van der Waals surface area contributed by atoms with Crippen molar-refractivity contribution in [1.29, 1.82) is 0 Å². The van der Waals surface area contributed by atoms with Crippen molar-refractivity contribution in [3.05, 3.63) is 83.3 Å². The van der Waals surface area contributed by atoms with Crippen molar-refractivity contribution in [2.24, 2.45) is 0 Å². The molecule has 30 heavy (non-hydrogen) atoms. The Morgan fingerprint density at radius 3 is 2.67 bits per heavy atom. The molecule has 1 N–H and O–H groups in total. The molecule has 2 heterocycles. The number of benzene rings is 2. The van der Waals surface area contributed by atoms with E-state index in [1.165, 1.54) is 23.3 Å². The predicted molar refractivity (Wildman–Crippen MR) is 121 cm³/mol. The Bertz CT molecular complexity index is 981. The molecule has 3 aromatic rings. The van der Waals surface area contributed by atoms with Crippen molar-refractivity contribution >= 4 is 23.4 Å². The zero-order valence-electron chi connectivity index (χ0n) is 17.1. The van der Waals surface area contributed by atoms with E-state index in [9.17, 15) is 4.79 Å². The average molecular weight is 423 g/mol. The predicted octanol–water partition coefficient (Wildman–Crippen LogP) is 4.97. The second-order valence-corrected chi connectivity index (χ2v) is 8.53. The van der Waals surface area contributed by atoms with Crippen LogP contribution in [0.15, 0.2) is 65.3 Å². The zero-order chi connectivity index (χ0) is 20.8. The maximum Gasteiger partial charge on any atom is 0.291 e. The quantitative estimate of drug-likeness (QED) is 0.583. The molecule has 0 saturated carbocycles. The van der Waals surface area contributed by atoms with Gasteiger partial charge in [0.1, 0.15) is 12.4 Å². The third-order valence-corrected chi connectivity index (χ3v) is 6.22. The second kappa shape index (κ2) is 9.87. The summed E-state index contributed by atoms with van der Waals surface area (Å²) in [6.45, 7) is 5.46. The van der Waals surface area contributed by atoms with Crippen LogP contribution in [0, 0.1) is 6.92 Å². The minimum atomic E-state index is -0.263. The van der Waals surface area contributed by atoms with Crippen LogP contribution in [0.5, 0.6) is 5.75 Å². The van der Waals surface area contributed by atoms with Crippen molar-refractivity contribution in [1.82, 2.24) is 4.90 Å². The minimum Gasteiger partial charge on any atom is -0.489 e. The van der Waals surface area contributed by atoms with E-state index in [4.69, 9.17) is 9.15 Å². The van der Waals surface area contributed by atoms with Crippen LogP contribution < -0.4 is 10.1 Å². The number of para-hydroxylation sites is 1. The summed E-state index contributed by atoms with van der Waals surface area (Å²) in [5.74, 6) is 3.14. The van der Waals surface area contributed by atoms with Crippen molar-refractivity contribution in [2.45, 2.75) is 20.1 Å². The molecule has 0 radical (unpaired) electrons. The van der Waals surface area contributed by atoms with Crippen LogP contribution in [0.25, 0.3) is 0 Å². The number of furan rings is 1. The molecule has 6 heteroatoms. The molecule has 2 aromatic carbocycles. The Kier molecular flexibility index (Phi) is 6.77. The van der Waals surface area contributed by atoms with E-state index in [1.54, 1.807) is 6.07 Å². The molecule has 1 aliphatic rings. The summed E-state index contributed by atoms with van der Waals surface area (Å²) < 4.78 is 11.2. The van der Waals surface area contributed by atoms with Crippen LogP contribution in [-0.4, -0.2) is 35.4 Å². The topological polar surface area (TPSA) is 54.7 Å². The van der Waals surface area contributed by atoms with Crippen LogP contribution >= 0.6 is 11.8 Å². The van der Waals surface area contributed by atoms with Gasteiger partial charge in [0.2, 0.25) is 0 Å². The molecule has 1 saturated heterocycles. The summed E-state index contributed by atoms with van der Waals surface area (Å²) in [6.07, 6.45) is 1.52. The summed E-state index contributed by atoms with van der Waals surface area (Å²) in [7, 11) is 0. The third-order valence-electron chi connectivity index (χ3n) is 5.28. The monoisotopic (exact) mass is 422 g/mol. The van der Waals surface area contributed by atoms with E-state index in [2.05, 4.69) is 23.2 Å². The van der Waals surface area contributed by atoms with Crippen LogP contribution in [0.2, 0.25) is 0 Å². The largest absolute Gasteiger partial charge is 0.489 e. The Morgan fingerprint density at radius 1 is 1.07 bits per heavy atom. The number of amides is 1. The van der Waals surface area contributed by atoms with E-state index in [1.807, 2.05) is 54.2 Å². The molecule has 0 spiro atoms. The van der Waals surface area contributed by atoms with E-state index in [0.29, 0.717) is 0 Å². The molecule has 156 valence electrons. The van der Waals surface area contributed by atoms with Gasteiger partial charge in [-0.15, -0.1) is 0 Å². The molecular weight excluding hydrogens is 396 g/mol. The highest BCUT2D eigenvalue weighted by Gasteiger charge is 2.18. The lowest BCUT2D eigenvalue weighted by atomic mass is 10.1. The van der Waals surface area contributed by atoms with Crippen LogP contribution in [-0.2, 0) is 13.2 Å². The van der Waals surface area contributed by atoms with Gasteiger partial charge in [0, 0.05) is 42.4 Å². The first-order valence-corrected chi connectivity index (χ1v) is 11.3. The van der Waals surface area contributed by atoms with Crippen molar-refractivity contribution in [2.75, 3.05) is 29.9 Å². The lowest BCUT2D eigenvalue weighted by Gasteiger charge is -2.27. The number of hydrogen-bond acceptors (Lipinski definition) is 5. The Hall–Kier alpha value is -2.70. The fourth-order valence-electron chi connectivity index (χ4n) is 3.50. The lowest BCUT2D eigenvalue weighted by Crippen LogP contribution is -2.32. The van der Waals surface area contributed by atoms with Gasteiger partial charge in [-0.05, 0) is 42.3 Å². The fourth-order valence-corrected chi connectivity index (χ4v) is 4.47. The van der Waals surface area contributed by atoms with E-state index in [0.717, 1.165) is 42.2 Å². The maximum atomic E-state index is 12.9. The van der Waals surface area contributed by atoms with E-state index in [-0.39, 0.29) is 18.3 Å². The van der Waals surface area contributed by atoms with Gasteiger partial charge >= 0.3 is 0 Å². The smallest absolute Gasteiger partial charge is 0.291 e. The average Bonchev–Trinajstić information content (AvgIpc) is 3.25. The Labute approximate surface area is 181 Å². The van der Waals surface area contributed by atoms with Gasteiger partial charge in [0.05, 0.1) is 6.26 Å². The molecular formula is C24H26N2O3S. The first kappa shape index (κ1) is 20.6. The van der Waals surface area contributed by atoms with Gasteiger partial charge in [-0.25, -0.2) is 0 Å². The van der Waals surface area contributed by atoms with Crippen LogP contribution in [0.4, 0.5) is 5.69 Å². The highest BCUT2D eigenvalue weighted by Crippen LogP contribution is 2.23. The minimum absolute atomic E-state index is 0.263. The molecule has 0 unspecified atom stereocenters. The molecule has 0 bridgehead atoms. The standard InChI is InChI=1S/C24H26N2O3S/c1-18-19(16-26-11-14-30-15-12-26)6-5-9-22(18)25-24(27)23-20(10-13-28-23)17-29-21-7-3-2-4-8-21/h2-10,13H,11-12,14-17H2,1H3,(H,25,27). The van der Waals surface area contributed by atoms with Crippen LogP contribution in [0.3, 0.4) is 0 Å².